The number of rotatable bonds is 12. The Labute approximate surface area is 489 Å². The van der Waals surface area contributed by atoms with Crippen molar-refractivity contribution >= 4 is 67.7 Å². The van der Waals surface area contributed by atoms with E-state index in [1.165, 1.54) is 64.2 Å². The molecule has 0 saturated carbocycles. The molecule has 0 aliphatic carbocycles. The summed E-state index contributed by atoms with van der Waals surface area (Å²) in [7, 11) is 2.73. The Bertz CT molecular complexity index is 4070. The normalized spacial score (nSPS) is 12.8. The van der Waals surface area contributed by atoms with Gasteiger partial charge in [-0.25, -0.2) is 53.4 Å². The highest BCUT2D eigenvalue weighted by atomic mass is 32.1. The van der Waals surface area contributed by atoms with Crippen molar-refractivity contribution < 1.29 is 39.5 Å². The molecule has 26 heteroatoms. The van der Waals surface area contributed by atoms with E-state index in [9.17, 15) is 38.4 Å². The highest BCUT2D eigenvalue weighted by Crippen LogP contribution is 2.39. The number of aromatic carboxylic acids is 1. The summed E-state index contributed by atoms with van der Waals surface area (Å²) in [4.78, 5) is 65.0. The van der Waals surface area contributed by atoms with E-state index in [1.807, 2.05) is 83.2 Å². The number of thiazole rings is 2. The maximum Gasteiger partial charge on any atom is 0.373 e. The van der Waals surface area contributed by atoms with Crippen LogP contribution in [-0.2, 0) is 12.8 Å². The lowest BCUT2D eigenvalue weighted by atomic mass is 10.1. The molecule has 0 bridgehead atoms. The Kier molecular flexibility index (Phi) is 18.7. The van der Waals surface area contributed by atoms with Gasteiger partial charge in [-0.2, -0.15) is 10.5 Å². The number of anilines is 4. The first-order valence-corrected chi connectivity index (χ1v) is 27.1. The van der Waals surface area contributed by atoms with Crippen LogP contribution in [0, 0.1) is 34.3 Å². The number of carbonyl (C=O) groups excluding carboxylic acids is 1. The summed E-state index contributed by atoms with van der Waals surface area (Å²) in [5.41, 5.74) is 8.44. The molecule has 0 radical (unpaired) electrons. The van der Waals surface area contributed by atoms with E-state index in [0.29, 0.717) is 60.9 Å². The Balaban J connectivity index is 0.000000195. The van der Waals surface area contributed by atoms with E-state index in [0.717, 1.165) is 64.1 Å². The number of likely N-dealkylation sites (tertiary alicyclic amines) is 1. The number of carboxylic acid groups (broad SMARTS) is 1. The van der Waals surface area contributed by atoms with E-state index in [1.54, 1.807) is 36.7 Å². The van der Waals surface area contributed by atoms with Crippen molar-refractivity contribution in [3.8, 4) is 56.9 Å². The molecule has 2 aromatic carbocycles. The number of amides is 1. The summed E-state index contributed by atoms with van der Waals surface area (Å²) in [6.45, 7) is 6.19. The van der Waals surface area contributed by atoms with Gasteiger partial charge >= 0.3 is 5.97 Å². The number of imidazole rings is 2. The van der Waals surface area contributed by atoms with Gasteiger partial charge in [0, 0.05) is 111 Å². The molecule has 21 nitrogen and oxygen atoms in total. The van der Waals surface area contributed by atoms with E-state index in [4.69, 9.17) is 31.5 Å². The van der Waals surface area contributed by atoms with Gasteiger partial charge in [-0.15, -0.1) is 0 Å². The molecule has 84 heavy (non-hydrogen) atoms. The molecule has 8 aromatic heterocycles. The number of carboxylic acids is 1. The van der Waals surface area contributed by atoms with Gasteiger partial charge in [0.2, 0.25) is 11.6 Å². The van der Waals surface area contributed by atoms with Crippen molar-refractivity contribution in [2.24, 2.45) is 0 Å². The molecule has 10 heterocycles. The topological polar surface area (TPSA) is 276 Å². The number of aromatic nitrogens is 10. The van der Waals surface area contributed by atoms with Crippen molar-refractivity contribution in [1.29, 1.82) is 10.5 Å². The number of aliphatic hydroxyl groups excluding tert-OH is 2. The van der Waals surface area contributed by atoms with Crippen LogP contribution in [0.1, 0.15) is 65.0 Å². The fourth-order valence-electron chi connectivity index (χ4n) is 8.74. The van der Waals surface area contributed by atoms with Crippen molar-refractivity contribution in [2.45, 2.75) is 46.3 Å². The molecule has 12 rings (SSSR count). The minimum absolute atomic E-state index is 0. The van der Waals surface area contributed by atoms with Crippen molar-refractivity contribution in [1.82, 2.24) is 58.9 Å². The first-order chi connectivity index (χ1) is 40.6. The van der Waals surface area contributed by atoms with E-state index in [-0.39, 0.29) is 55.8 Å². The smallest absolute Gasteiger partial charge is 0.373 e. The molecule has 2 aliphatic rings. The van der Waals surface area contributed by atoms with Crippen LogP contribution in [0.5, 0.6) is 0 Å². The number of carbonyl (C=O) groups is 2. The molecule has 2 aliphatic heterocycles. The fourth-order valence-corrected chi connectivity index (χ4v) is 10.4. The summed E-state index contributed by atoms with van der Waals surface area (Å²) in [5.74, 6) is -0.823. The summed E-state index contributed by atoms with van der Waals surface area (Å²) >= 11 is 2.49. The molecule has 0 atom stereocenters. The average Bonchev–Trinajstić information content (AvgIpc) is 4.52. The molecular formula is C58H55F3N16O5S2. The third kappa shape index (κ3) is 12.7. The number of nitriles is 2. The lowest BCUT2D eigenvalue weighted by Crippen LogP contribution is -2.53. The minimum Gasteiger partial charge on any atom is -0.475 e. The molecule has 10 aromatic rings. The van der Waals surface area contributed by atoms with Crippen LogP contribution >= 0.6 is 22.7 Å². The second-order valence-electron chi connectivity index (χ2n) is 18.5. The lowest BCUT2D eigenvalue weighted by molar-refractivity contribution is 0.00508. The van der Waals surface area contributed by atoms with Crippen molar-refractivity contribution in [2.75, 3.05) is 57.2 Å². The quantitative estimate of drug-likeness (QED) is 0.0887. The van der Waals surface area contributed by atoms with Gasteiger partial charge in [-0.05, 0) is 85.6 Å². The zero-order valence-electron chi connectivity index (χ0n) is 45.8. The van der Waals surface area contributed by atoms with Gasteiger partial charge in [-0.1, -0.05) is 43.9 Å². The molecule has 0 spiro atoms. The maximum absolute atomic E-state index is 13.5. The van der Waals surface area contributed by atoms with Crippen LogP contribution in [0.15, 0.2) is 110 Å². The number of β-amino-alcohol motifs (C(OH)–C–C–N with tert-alkyl or cyclic N) is 2. The van der Waals surface area contributed by atoms with Crippen LogP contribution in [-0.4, -0.2) is 140 Å². The van der Waals surface area contributed by atoms with E-state index < -0.39 is 19.2 Å². The molecule has 2 fully saturated rings. The molecular weight excluding hydrogens is 1120 g/mol. The number of aliphatic hydroxyl groups is 2. The van der Waals surface area contributed by atoms with Crippen LogP contribution in [0.2, 0.25) is 0 Å². The Hall–Kier alpha value is -9.57. The number of hydrogen-bond donors (Lipinski definition) is 4. The summed E-state index contributed by atoms with van der Waals surface area (Å²) in [6, 6.07) is 23.8. The molecule has 4 N–H and O–H groups in total. The number of hydrogen-bond acceptors (Lipinski definition) is 19. The summed E-state index contributed by atoms with van der Waals surface area (Å²) in [6.07, 6.45) is 10.7. The SMILES string of the molecule is C.CCc1nc2ccc(-c3cnc(C(=O)N4CC(O)C4)nc3)cn2c1N(C)c1nc(-c2ccc(F)cc2)c(C#N)s1.CCc1nc2ccc(-c3cnc(C(=O)O)nc3)cn2c1N(C)c1nc(-c2ccc(F)cc2)c(C#N)s1.OC1CNC1.[2H]CF. The number of halogens is 3. The van der Waals surface area contributed by atoms with Crippen molar-refractivity contribution in [3.05, 3.63) is 154 Å². The fraction of sp³-hybridized carbons (Fsp3) is 0.241. The number of pyridine rings is 2. The van der Waals surface area contributed by atoms with Gasteiger partial charge in [0.25, 0.3) is 5.91 Å². The van der Waals surface area contributed by atoms with Crippen LogP contribution in [0.25, 0.3) is 56.1 Å². The second kappa shape index (κ2) is 26.6. The number of benzene rings is 2. The monoisotopic (exact) mass is 1180 g/mol. The van der Waals surface area contributed by atoms with Gasteiger partial charge in [0.15, 0.2) is 10.3 Å². The number of nitrogens with one attached hydrogen (secondary N) is 1. The van der Waals surface area contributed by atoms with Gasteiger partial charge in [-0.3, -0.25) is 18.0 Å². The zero-order chi connectivity index (χ0) is 59.8. The second-order valence-corrected chi connectivity index (χ2v) is 20.5. The summed E-state index contributed by atoms with van der Waals surface area (Å²) < 4.78 is 46.3. The number of alkyl halides is 1. The Morgan fingerprint density at radius 1 is 0.655 bits per heavy atom. The molecule has 430 valence electrons. The number of aryl methyl sites for hydroxylation is 2. The molecule has 1 amide bonds. The third-order valence-corrected chi connectivity index (χ3v) is 15.2. The van der Waals surface area contributed by atoms with Crippen LogP contribution < -0.4 is 15.1 Å². The first kappa shape index (κ1) is 59.1. The van der Waals surface area contributed by atoms with E-state index in [2.05, 4.69) is 37.4 Å². The Morgan fingerprint density at radius 3 is 1.37 bits per heavy atom. The first-order valence-electron chi connectivity index (χ1n) is 26.2. The third-order valence-electron chi connectivity index (χ3n) is 13.1. The van der Waals surface area contributed by atoms with Crippen LogP contribution in [0.4, 0.5) is 35.1 Å². The summed E-state index contributed by atoms with van der Waals surface area (Å²) in [5, 5.41) is 50.5. The highest BCUT2D eigenvalue weighted by Gasteiger charge is 2.31. The minimum atomic E-state index is -1.19. The number of nitrogens with zero attached hydrogens (tertiary/aromatic N) is 15. The van der Waals surface area contributed by atoms with Gasteiger partial charge in [0.1, 0.15) is 67.8 Å². The Morgan fingerprint density at radius 2 is 1.04 bits per heavy atom. The lowest BCUT2D eigenvalue weighted by Gasteiger charge is -2.35. The predicted molar refractivity (Wildman–Crippen MR) is 313 cm³/mol. The predicted octanol–water partition coefficient (Wildman–Crippen LogP) is 9.20. The van der Waals surface area contributed by atoms with E-state index >= 15 is 0 Å². The van der Waals surface area contributed by atoms with Crippen LogP contribution in [0.3, 0.4) is 0 Å². The number of fused-ring (bicyclic) bond motifs is 2. The van der Waals surface area contributed by atoms with Crippen molar-refractivity contribution in [3.63, 3.8) is 0 Å². The standard InChI is InChI=1S/C28H23FN8O2S.C25H18FN7O2S.C3H7NO.CH3F.CH4/c1-3-21-26(35(2)28-34-24(22(10-30)40-28)16-4-7-19(29)8-5-16)37-13-17(6-9-23(37)33-21)18-11-31-25(32-12-18)27(39)36-14-20(38)15-36;1-3-18-23(32(2)25-31-21(19(10-27)36-25)14-4-7-17(26)8-5-14)33-13-15(6-9-20(33)30-18)16-11-28-22(24(34)35)29-12-16;5-3-1-4-2-3;1-2;/h4-9,11-13,20,38H,3,14-15H2,1-2H3;4-9,11-13H,3H2,1-2H3,(H,34,35);3-5H,1-2H2;1H3;1H4/i;;;1D;. The maximum atomic E-state index is 13.5. The average molecular weight is 1180 g/mol. The largest absolute Gasteiger partial charge is 0.475 e. The van der Waals surface area contributed by atoms with Gasteiger partial charge in [0.05, 0.1) is 32.1 Å². The molecule has 2 saturated heterocycles. The van der Waals surface area contributed by atoms with Gasteiger partial charge < -0.3 is 35.3 Å². The molecule has 0 unspecified atom stereocenters. The highest BCUT2D eigenvalue weighted by molar-refractivity contribution is 7.17. The zero-order valence-corrected chi connectivity index (χ0v) is 46.4.